The van der Waals surface area contributed by atoms with Gasteiger partial charge < -0.3 is 9.84 Å². The second-order valence-corrected chi connectivity index (χ2v) is 10.00. The molecular weight excluding hydrogens is 404 g/mol. The summed E-state index contributed by atoms with van der Waals surface area (Å²) < 4.78 is 32.4. The van der Waals surface area contributed by atoms with Gasteiger partial charge in [0.2, 0.25) is 21.8 Å². The SMILES string of the molecule is O=C(CCc1ccc(S(=O)(=O)N2CCCCCC2)cc1)NCc1nc(C2CC2)no1. The number of rotatable bonds is 8. The molecule has 8 nitrogen and oxygen atoms in total. The Kier molecular flexibility index (Phi) is 6.48. The summed E-state index contributed by atoms with van der Waals surface area (Å²) in [6.07, 6.45) is 7.04. The lowest BCUT2D eigenvalue weighted by molar-refractivity contribution is -0.121. The van der Waals surface area contributed by atoms with Crippen LogP contribution in [0.4, 0.5) is 0 Å². The molecule has 0 bridgehead atoms. The van der Waals surface area contributed by atoms with Crippen molar-refractivity contribution in [1.82, 2.24) is 19.8 Å². The number of aryl methyl sites for hydroxylation is 1. The molecule has 2 aliphatic rings. The Morgan fingerprint density at radius 3 is 2.47 bits per heavy atom. The van der Waals surface area contributed by atoms with Crippen molar-refractivity contribution in [3.8, 4) is 0 Å². The van der Waals surface area contributed by atoms with Crippen LogP contribution in [0.15, 0.2) is 33.7 Å². The molecule has 30 heavy (non-hydrogen) atoms. The zero-order valence-electron chi connectivity index (χ0n) is 17.0. The fourth-order valence-electron chi connectivity index (χ4n) is 3.63. The monoisotopic (exact) mass is 432 g/mol. The van der Waals surface area contributed by atoms with Gasteiger partial charge in [0.1, 0.15) is 0 Å². The van der Waals surface area contributed by atoms with E-state index in [1.54, 1.807) is 28.6 Å². The number of carbonyl (C=O) groups is 1. The third-order valence-electron chi connectivity index (χ3n) is 5.63. The number of sulfonamides is 1. The van der Waals surface area contributed by atoms with Gasteiger partial charge in [-0.25, -0.2) is 8.42 Å². The lowest BCUT2D eigenvalue weighted by Crippen LogP contribution is -2.31. The van der Waals surface area contributed by atoms with Crippen molar-refractivity contribution in [1.29, 1.82) is 0 Å². The Hall–Kier alpha value is -2.26. The number of aromatic nitrogens is 2. The van der Waals surface area contributed by atoms with Gasteiger partial charge in [0.25, 0.3) is 0 Å². The maximum absolute atomic E-state index is 12.8. The molecule has 2 heterocycles. The number of benzene rings is 1. The van der Waals surface area contributed by atoms with E-state index < -0.39 is 10.0 Å². The van der Waals surface area contributed by atoms with Gasteiger partial charge in [-0.2, -0.15) is 9.29 Å². The van der Waals surface area contributed by atoms with Gasteiger partial charge in [0, 0.05) is 25.4 Å². The molecule has 1 aliphatic heterocycles. The fourth-order valence-corrected chi connectivity index (χ4v) is 5.14. The largest absolute Gasteiger partial charge is 0.347 e. The predicted molar refractivity (Wildman–Crippen MR) is 110 cm³/mol. The minimum absolute atomic E-state index is 0.109. The molecular formula is C21H28N4O4S. The van der Waals surface area contributed by atoms with E-state index in [-0.39, 0.29) is 12.5 Å². The number of hydrogen-bond acceptors (Lipinski definition) is 6. The molecule has 0 atom stereocenters. The molecule has 0 radical (unpaired) electrons. The number of nitrogens with zero attached hydrogens (tertiary/aromatic N) is 3. The van der Waals surface area contributed by atoms with Crippen molar-refractivity contribution in [2.75, 3.05) is 13.1 Å². The normalized spacial score (nSPS) is 18.1. The number of hydrogen-bond donors (Lipinski definition) is 1. The molecule has 1 saturated heterocycles. The second-order valence-electron chi connectivity index (χ2n) is 8.06. The van der Waals surface area contributed by atoms with Crippen molar-refractivity contribution >= 4 is 15.9 Å². The fraction of sp³-hybridized carbons (Fsp3) is 0.571. The van der Waals surface area contributed by atoms with Gasteiger partial charge in [-0.15, -0.1) is 0 Å². The predicted octanol–water partition coefficient (Wildman–Crippen LogP) is 2.76. The summed E-state index contributed by atoms with van der Waals surface area (Å²) in [7, 11) is -3.44. The first-order valence-corrected chi connectivity index (χ1v) is 12.1. The summed E-state index contributed by atoms with van der Waals surface area (Å²) in [5.74, 6) is 1.47. The second kappa shape index (κ2) is 9.26. The first-order chi connectivity index (χ1) is 14.5. The van der Waals surface area contributed by atoms with E-state index in [4.69, 9.17) is 4.52 Å². The highest BCUT2D eigenvalue weighted by Crippen LogP contribution is 2.38. The highest BCUT2D eigenvalue weighted by Gasteiger charge is 2.28. The topological polar surface area (TPSA) is 105 Å². The highest BCUT2D eigenvalue weighted by atomic mass is 32.2. The van der Waals surface area contributed by atoms with Gasteiger partial charge in [0.05, 0.1) is 11.4 Å². The van der Waals surface area contributed by atoms with E-state index in [1.165, 1.54) is 0 Å². The molecule has 2 aromatic rings. The summed E-state index contributed by atoms with van der Waals surface area (Å²) in [4.78, 5) is 16.7. The van der Waals surface area contributed by atoms with Crippen LogP contribution in [0.25, 0.3) is 0 Å². The first kappa shape index (κ1) is 21.0. The summed E-state index contributed by atoms with van der Waals surface area (Å²) in [5, 5.41) is 6.72. The maximum Gasteiger partial charge on any atom is 0.246 e. The van der Waals surface area contributed by atoms with E-state index in [9.17, 15) is 13.2 Å². The van der Waals surface area contributed by atoms with E-state index in [0.717, 1.165) is 49.9 Å². The highest BCUT2D eigenvalue weighted by molar-refractivity contribution is 7.89. The van der Waals surface area contributed by atoms with Crippen LogP contribution in [0.3, 0.4) is 0 Å². The minimum Gasteiger partial charge on any atom is -0.347 e. The smallest absolute Gasteiger partial charge is 0.246 e. The lowest BCUT2D eigenvalue weighted by Gasteiger charge is -2.20. The summed E-state index contributed by atoms with van der Waals surface area (Å²) in [6.45, 7) is 1.41. The molecule has 0 spiro atoms. The van der Waals surface area contributed by atoms with Crippen LogP contribution in [0.5, 0.6) is 0 Å². The number of amides is 1. The average Bonchev–Trinajstić information content (AvgIpc) is 3.55. The first-order valence-electron chi connectivity index (χ1n) is 10.7. The van der Waals surface area contributed by atoms with E-state index in [2.05, 4.69) is 15.5 Å². The number of carbonyl (C=O) groups excluding carboxylic acids is 1. The van der Waals surface area contributed by atoms with Gasteiger partial charge in [-0.3, -0.25) is 4.79 Å². The van der Waals surface area contributed by atoms with Crippen molar-refractivity contribution < 1.29 is 17.7 Å². The lowest BCUT2D eigenvalue weighted by atomic mass is 10.1. The molecule has 4 rings (SSSR count). The molecule has 9 heteroatoms. The summed E-state index contributed by atoms with van der Waals surface area (Å²) in [6, 6.07) is 6.87. The van der Waals surface area contributed by atoms with Crippen LogP contribution >= 0.6 is 0 Å². The molecule has 1 aromatic heterocycles. The maximum atomic E-state index is 12.8. The quantitative estimate of drug-likeness (QED) is 0.688. The van der Waals surface area contributed by atoms with Crippen LogP contribution in [0.1, 0.15) is 68.1 Å². The Balaban J connectivity index is 1.26. The third-order valence-corrected chi connectivity index (χ3v) is 7.54. The minimum atomic E-state index is -3.44. The molecule has 1 aromatic carbocycles. The van der Waals surface area contributed by atoms with Crippen LogP contribution in [0.2, 0.25) is 0 Å². The summed E-state index contributed by atoms with van der Waals surface area (Å²) in [5.41, 5.74) is 0.925. The van der Waals surface area contributed by atoms with Crippen molar-refractivity contribution in [2.24, 2.45) is 0 Å². The molecule has 0 unspecified atom stereocenters. The molecule has 1 amide bonds. The van der Waals surface area contributed by atoms with Crippen LogP contribution in [-0.2, 0) is 27.8 Å². The van der Waals surface area contributed by atoms with E-state index in [0.29, 0.717) is 42.6 Å². The Bertz CT molecular complexity index is 959. The zero-order valence-corrected chi connectivity index (χ0v) is 17.9. The molecule has 1 aliphatic carbocycles. The molecule has 2 fully saturated rings. The van der Waals surface area contributed by atoms with Gasteiger partial charge in [-0.05, 0) is 49.8 Å². The van der Waals surface area contributed by atoms with E-state index in [1.807, 2.05) is 0 Å². The van der Waals surface area contributed by atoms with Crippen LogP contribution in [-0.4, -0.2) is 41.9 Å². The van der Waals surface area contributed by atoms with Crippen LogP contribution in [0, 0.1) is 0 Å². The third kappa shape index (κ3) is 5.26. The Morgan fingerprint density at radius 1 is 1.10 bits per heavy atom. The van der Waals surface area contributed by atoms with Gasteiger partial charge in [-0.1, -0.05) is 30.1 Å². The zero-order chi connectivity index (χ0) is 21.0. The van der Waals surface area contributed by atoms with Gasteiger partial charge >= 0.3 is 0 Å². The van der Waals surface area contributed by atoms with E-state index >= 15 is 0 Å². The molecule has 1 N–H and O–H groups in total. The molecule has 1 saturated carbocycles. The van der Waals surface area contributed by atoms with Crippen molar-refractivity contribution in [3.05, 3.63) is 41.5 Å². The Morgan fingerprint density at radius 2 is 1.80 bits per heavy atom. The number of nitrogens with one attached hydrogen (secondary N) is 1. The molecule has 162 valence electrons. The average molecular weight is 433 g/mol. The van der Waals surface area contributed by atoms with Crippen LogP contribution < -0.4 is 5.32 Å². The Labute approximate surface area is 177 Å². The standard InChI is InChI=1S/C21H28N4O4S/c26-19(22-15-20-23-21(24-29-20)17-8-9-17)12-7-16-5-10-18(11-6-16)30(27,28)25-13-3-1-2-4-14-25/h5-6,10-11,17H,1-4,7-9,12-15H2,(H,22,26). The van der Waals surface area contributed by atoms with Gasteiger partial charge in [0.15, 0.2) is 5.82 Å². The van der Waals surface area contributed by atoms with Crippen molar-refractivity contribution in [3.63, 3.8) is 0 Å². The summed E-state index contributed by atoms with van der Waals surface area (Å²) >= 11 is 0. The van der Waals surface area contributed by atoms with Crippen molar-refractivity contribution in [2.45, 2.75) is 68.7 Å².